The summed E-state index contributed by atoms with van der Waals surface area (Å²) in [5, 5.41) is 0. The van der Waals surface area contributed by atoms with Gasteiger partial charge in [-0.2, -0.15) is 0 Å². The molecule has 2 N–H and O–H groups in total. The summed E-state index contributed by atoms with van der Waals surface area (Å²) in [5.41, 5.74) is 6.08. The summed E-state index contributed by atoms with van der Waals surface area (Å²) in [6, 6.07) is 4.57. The van der Waals surface area contributed by atoms with Crippen molar-refractivity contribution in [2.75, 3.05) is 5.75 Å². The molecule has 0 saturated carbocycles. The van der Waals surface area contributed by atoms with E-state index in [4.69, 9.17) is 5.73 Å². The molecule has 14 heavy (non-hydrogen) atoms. The van der Waals surface area contributed by atoms with Gasteiger partial charge in [-0.25, -0.2) is 8.42 Å². The maximum Gasteiger partial charge on any atom is 0.248 e. The summed E-state index contributed by atoms with van der Waals surface area (Å²) in [7, 11) is -3.17. The fourth-order valence-electron chi connectivity index (χ4n) is 1.56. The van der Waals surface area contributed by atoms with Crippen LogP contribution in [0.3, 0.4) is 0 Å². The standard InChI is InChI=1S/C9H9NO3S/c10-9(11)7-2-1-6-3-4-14(12,13)8(6)5-7/h1-2,5H,3-4H2,(H2,10,11). The van der Waals surface area contributed by atoms with Crippen molar-refractivity contribution in [1.29, 1.82) is 0 Å². The first-order chi connectivity index (χ1) is 6.50. The van der Waals surface area contributed by atoms with Gasteiger partial charge in [-0.3, -0.25) is 4.79 Å². The van der Waals surface area contributed by atoms with Crippen molar-refractivity contribution >= 4 is 15.7 Å². The van der Waals surface area contributed by atoms with Crippen LogP contribution >= 0.6 is 0 Å². The van der Waals surface area contributed by atoms with Gasteiger partial charge in [-0.1, -0.05) is 6.07 Å². The highest BCUT2D eigenvalue weighted by molar-refractivity contribution is 7.91. The molecule has 1 aliphatic rings. The molecule has 1 heterocycles. The van der Waals surface area contributed by atoms with E-state index < -0.39 is 15.7 Å². The molecule has 1 aromatic rings. The molecule has 5 heteroatoms. The number of carbonyl (C=O) groups is 1. The lowest BCUT2D eigenvalue weighted by Gasteiger charge is -2.00. The number of carbonyl (C=O) groups excluding carboxylic acids is 1. The Kier molecular flexibility index (Phi) is 1.85. The number of amides is 1. The second kappa shape index (κ2) is 2.81. The van der Waals surface area contributed by atoms with Crippen LogP contribution in [-0.4, -0.2) is 20.1 Å². The van der Waals surface area contributed by atoms with Gasteiger partial charge >= 0.3 is 0 Å². The van der Waals surface area contributed by atoms with Crippen LogP contribution < -0.4 is 5.73 Å². The maximum absolute atomic E-state index is 11.5. The SMILES string of the molecule is NC(=O)c1ccc2c(c1)S(=O)(=O)CC2. The number of hydrogen-bond acceptors (Lipinski definition) is 3. The molecule has 0 atom stereocenters. The van der Waals surface area contributed by atoms with Crippen molar-refractivity contribution in [1.82, 2.24) is 0 Å². The highest BCUT2D eigenvalue weighted by Crippen LogP contribution is 2.26. The van der Waals surface area contributed by atoms with Crippen LogP contribution in [0.2, 0.25) is 0 Å². The first-order valence-corrected chi connectivity index (χ1v) is 5.81. The van der Waals surface area contributed by atoms with E-state index in [1.54, 1.807) is 12.1 Å². The van der Waals surface area contributed by atoms with Crippen molar-refractivity contribution in [3.8, 4) is 0 Å². The first-order valence-electron chi connectivity index (χ1n) is 4.16. The summed E-state index contributed by atoms with van der Waals surface area (Å²) >= 11 is 0. The molecule has 74 valence electrons. The van der Waals surface area contributed by atoms with Gasteiger partial charge in [-0.05, 0) is 24.1 Å². The van der Waals surface area contributed by atoms with E-state index in [1.165, 1.54) is 6.07 Å². The number of nitrogens with two attached hydrogens (primary N) is 1. The van der Waals surface area contributed by atoms with Crippen LogP contribution in [0.15, 0.2) is 23.1 Å². The molecular weight excluding hydrogens is 202 g/mol. The maximum atomic E-state index is 11.5. The Morgan fingerprint density at radius 3 is 2.71 bits per heavy atom. The average Bonchev–Trinajstić information content (AvgIpc) is 2.42. The zero-order valence-electron chi connectivity index (χ0n) is 7.36. The van der Waals surface area contributed by atoms with Gasteiger partial charge in [0.2, 0.25) is 5.91 Å². The van der Waals surface area contributed by atoms with Gasteiger partial charge in [0, 0.05) is 5.56 Å². The molecule has 1 aliphatic heterocycles. The van der Waals surface area contributed by atoms with Crippen LogP contribution in [0.1, 0.15) is 15.9 Å². The molecule has 0 aromatic heterocycles. The third kappa shape index (κ3) is 1.29. The van der Waals surface area contributed by atoms with E-state index in [0.717, 1.165) is 5.56 Å². The van der Waals surface area contributed by atoms with Crippen LogP contribution in [-0.2, 0) is 16.3 Å². The van der Waals surface area contributed by atoms with E-state index in [1.807, 2.05) is 0 Å². The highest BCUT2D eigenvalue weighted by Gasteiger charge is 2.26. The Bertz CT molecular complexity index is 505. The van der Waals surface area contributed by atoms with Gasteiger partial charge in [0.1, 0.15) is 0 Å². The van der Waals surface area contributed by atoms with E-state index in [-0.39, 0.29) is 16.2 Å². The van der Waals surface area contributed by atoms with Crippen LogP contribution in [0, 0.1) is 0 Å². The first kappa shape index (κ1) is 9.21. The minimum atomic E-state index is -3.17. The molecule has 0 bridgehead atoms. The number of aryl methyl sites for hydroxylation is 1. The Labute approximate surface area is 81.6 Å². The summed E-state index contributed by atoms with van der Waals surface area (Å²) in [6.07, 6.45) is 0.525. The average molecular weight is 211 g/mol. The fourth-order valence-corrected chi connectivity index (χ4v) is 3.14. The van der Waals surface area contributed by atoms with Gasteiger partial charge in [0.15, 0.2) is 9.84 Å². The van der Waals surface area contributed by atoms with E-state index in [2.05, 4.69) is 0 Å². The lowest BCUT2D eigenvalue weighted by molar-refractivity contribution is 0.1000. The normalized spacial score (nSPS) is 17.7. The molecule has 0 spiro atoms. The molecule has 1 amide bonds. The predicted molar refractivity (Wildman–Crippen MR) is 50.7 cm³/mol. The summed E-state index contributed by atoms with van der Waals surface area (Å²) in [5.74, 6) is -0.472. The molecule has 0 unspecified atom stereocenters. The van der Waals surface area contributed by atoms with Crippen molar-refractivity contribution in [3.05, 3.63) is 29.3 Å². The van der Waals surface area contributed by atoms with Crippen LogP contribution in [0.4, 0.5) is 0 Å². The largest absolute Gasteiger partial charge is 0.366 e. The van der Waals surface area contributed by atoms with Gasteiger partial charge in [-0.15, -0.1) is 0 Å². The van der Waals surface area contributed by atoms with Crippen molar-refractivity contribution in [2.45, 2.75) is 11.3 Å². The summed E-state index contributed by atoms with van der Waals surface area (Å²) in [4.78, 5) is 11.1. The minimum Gasteiger partial charge on any atom is -0.366 e. The second-order valence-corrected chi connectivity index (χ2v) is 5.33. The van der Waals surface area contributed by atoms with E-state index in [9.17, 15) is 13.2 Å². The molecule has 0 saturated heterocycles. The van der Waals surface area contributed by atoms with E-state index in [0.29, 0.717) is 6.42 Å². The van der Waals surface area contributed by atoms with Crippen molar-refractivity contribution in [3.63, 3.8) is 0 Å². The van der Waals surface area contributed by atoms with E-state index >= 15 is 0 Å². The topological polar surface area (TPSA) is 77.2 Å². The molecule has 1 aromatic carbocycles. The number of primary amides is 1. The zero-order valence-corrected chi connectivity index (χ0v) is 8.17. The number of sulfone groups is 1. The third-order valence-electron chi connectivity index (χ3n) is 2.33. The monoisotopic (exact) mass is 211 g/mol. The third-order valence-corrected chi connectivity index (χ3v) is 4.12. The number of benzene rings is 1. The molecule has 0 aliphatic carbocycles. The Morgan fingerprint density at radius 2 is 2.07 bits per heavy atom. The highest BCUT2D eigenvalue weighted by atomic mass is 32.2. The smallest absolute Gasteiger partial charge is 0.248 e. The van der Waals surface area contributed by atoms with Crippen molar-refractivity contribution in [2.24, 2.45) is 5.73 Å². The number of fused-ring (bicyclic) bond motifs is 1. The molecular formula is C9H9NO3S. The molecule has 0 radical (unpaired) electrons. The minimum absolute atomic E-state index is 0.130. The van der Waals surface area contributed by atoms with Gasteiger partial charge in [0.05, 0.1) is 10.6 Å². The quantitative estimate of drug-likeness (QED) is 0.716. The number of hydrogen-bond donors (Lipinski definition) is 1. The summed E-state index contributed by atoms with van der Waals surface area (Å²) in [6.45, 7) is 0. The predicted octanol–water partition coefficient (Wildman–Crippen LogP) is 0.115. The van der Waals surface area contributed by atoms with Gasteiger partial charge < -0.3 is 5.73 Å². The molecule has 0 fully saturated rings. The lowest BCUT2D eigenvalue weighted by Crippen LogP contribution is -2.11. The Balaban J connectivity index is 2.65. The fraction of sp³-hybridized carbons (Fsp3) is 0.222. The Hall–Kier alpha value is -1.36. The molecule has 2 rings (SSSR count). The van der Waals surface area contributed by atoms with Gasteiger partial charge in [0.25, 0.3) is 0 Å². The number of rotatable bonds is 1. The van der Waals surface area contributed by atoms with Crippen LogP contribution in [0.5, 0.6) is 0 Å². The Morgan fingerprint density at radius 1 is 1.36 bits per heavy atom. The van der Waals surface area contributed by atoms with Crippen molar-refractivity contribution < 1.29 is 13.2 Å². The second-order valence-electron chi connectivity index (χ2n) is 3.26. The molecule has 4 nitrogen and oxygen atoms in total. The lowest BCUT2D eigenvalue weighted by atomic mass is 10.1. The zero-order chi connectivity index (χ0) is 10.3. The van der Waals surface area contributed by atoms with Crippen LogP contribution in [0.25, 0.3) is 0 Å². The summed E-state index contributed by atoms with van der Waals surface area (Å²) < 4.78 is 23.0.